The van der Waals surface area contributed by atoms with Gasteiger partial charge in [0.2, 0.25) is 0 Å². The van der Waals surface area contributed by atoms with Crippen molar-refractivity contribution in [1.29, 1.82) is 0 Å². The molecule has 0 bridgehead atoms. The standard InChI is InChI=1S/C43H38N2O9S/c1-27(2)35(43(50)51-24-28-15-7-3-8-16-28)45-38(46)34-26-55-39(44-34)33-23-32(25-52-40(47)29-17-9-4-10-18-29)36(53-41(48)30-19-11-5-12-20-30)37(33)54-42(49)31-21-13-6-14-22-31/h3-22,26,32-33,36-37H,23-25H2,1-2H3,(H,45,46)/t32-,33-,36-,37+/m1/s1. The van der Waals surface area contributed by atoms with Crippen LogP contribution in [0.5, 0.6) is 0 Å². The lowest BCUT2D eigenvalue weighted by atomic mass is 10.1. The number of aromatic nitrogens is 1. The molecule has 1 aliphatic rings. The molecule has 5 aromatic rings. The van der Waals surface area contributed by atoms with Crippen LogP contribution in [-0.2, 0) is 30.3 Å². The zero-order valence-electron chi connectivity index (χ0n) is 30.1. The van der Waals surface area contributed by atoms with Crippen LogP contribution in [0.3, 0.4) is 0 Å². The molecule has 11 nitrogen and oxygen atoms in total. The second kappa shape index (κ2) is 18.1. The van der Waals surface area contributed by atoms with E-state index in [9.17, 15) is 24.0 Å². The summed E-state index contributed by atoms with van der Waals surface area (Å²) in [6.45, 7) is 3.22. The molecule has 1 heterocycles. The largest absolute Gasteiger partial charge is 0.462 e. The molecule has 0 radical (unpaired) electrons. The van der Waals surface area contributed by atoms with Crippen molar-refractivity contribution < 1.29 is 42.9 Å². The number of nitrogens with zero attached hydrogens (tertiary/aromatic N) is 1. The van der Waals surface area contributed by atoms with E-state index in [1.54, 1.807) is 105 Å². The Morgan fingerprint density at radius 1 is 0.673 bits per heavy atom. The van der Waals surface area contributed by atoms with Gasteiger partial charge in [0.1, 0.15) is 35.2 Å². The molecule has 0 unspecified atom stereocenters. The molecule has 0 aliphatic heterocycles. The number of allylic oxidation sites excluding steroid dienone is 1. The Morgan fingerprint density at radius 2 is 1.18 bits per heavy atom. The molecule has 1 aromatic heterocycles. The smallest absolute Gasteiger partial charge is 0.355 e. The molecule has 12 heteroatoms. The Morgan fingerprint density at radius 3 is 1.73 bits per heavy atom. The summed E-state index contributed by atoms with van der Waals surface area (Å²) in [5.41, 5.74) is 2.22. The number of benzene rings is 4. The van der Waals surface area contributed by atoms with Crippen molar-refractivity contribution >= 4 is 41.1 Å². The molecule has 55 heavy (non-hydrogen) atoms. The normalized spacial score (nSPS) is 17.3. The molecule has 1 saturated carbocycles. The molecule has 1 fully saturated rings. The van der Waals surface area contributed by atoms with E-state index in [0.717, 1.165) is 16.9 Å². The number of carbonyl (C=O) groups is 5. The first-order chi connectivity index (χ1) is 26.7. The van der Waals surface area contributed by atoms with Crippen LogP contribution in [0, 0.1) is 5.92 Å². The average molecular weight is 759 g/mol. The van der Waals surface area contributed by atoms with E-state index >= 15 is 0 Å². The van der Waals surface area contributed by atoms with Gasteiger partial charge in [0.15, 0.2) is 0 Å². The zero-order chi connectivity index (χ0) is 38.7. The highest BCUT2D eigenvalue weighted by Crippen LogP contribution is 2.44. The average Bonchev–Trinajstić information content (AvgIpc) is 3.84. The summed E-state index contributed by atoms with van der Waals surface area (Å²) in [5.74, 6) is -4.53. The zero-order valence-corrected chi connectivity index (χ0v) is 30.9. The van der Waals surface area contributed by atoms with Crippen LogP contribution in [0.1, 0.15) is 78.3 Å². The van der Waals surface area contributed by atoms with Crippen molar-refractivity contribution in [2.24, 2.45) is 5.92 Å². The molecule has 1 amide bonds. The van der Waals surface area contributed by atoms with Crippen molar-refractivity contribution in [3.05, 3.63) is 171 Å². The van der Waals surface area contributed by atoms with Gasteiger partial charge in [-0.05, 0) is 67.8 Å². The van der Waals surface area contributed by atoms with Gasteiger partial charge < -0.3 is 24.3 Å². The van der Waals surface area contributed by atoms with Gasteiger partial charge >= 0.3 is 23.9 Å². The van der Waals surface area contributed by atoms with Gasteiger partial charge in [-0.3, -0.25) is 4.79 Å². The number of rotatable bonds is 13. The second-order valence-corrected chi connectivity index (χ2v) is 13.9. The highest BCUT2D eigenvalue weighted by atomic mass is 32.1. The number of thiazole rings is 1. The molecule has 4 atom stereocenters. The van der Waals surface area contributed by atoms with Gasteiger partial charge in [0.05, 0.1) is 29.2 Å². The van der Waals surface area contributed by atoms with Crippen LogP contribution >= 0.6 is 11.3 Å². The third kappa shape index (κ3) is 9.78. The predicted octanol–water partition coefficient (Wildman–Crippen LogP) is 7.32. The third-order valence-corrected chi connectivity index (χ3v) is 9.89. The van der Waals surface area contributed by atoms with Crippen LogP contribution in [0.15, 0.2) is 138 Å². The van der Waals surface area contributed by atoms with E-state index in [0.29, 0.717) is 16.1 Å². The van der Waals surface area contributed by atoms with Gasteiger partial charge in [-0.25, -0.2) is 24.2 Å². The van der Waals surface area contributed by atoms with Crippen molar-refractivity contribution in [2.75, 3.05) is 6.61 Å². The lowest BCUT2D eigenvalue weighted by molar-refractivity contribution is -0.140. The van der Waals surface area contributed by atoms with Gasteiger partial charge in [-0.1, -0.05) is 84.9 Å². The first-order valence-electron chi connectivity index (χ1n) is 17.6. The van der Waals surface area contributed by atoms with E-state index in [1.165, 1.54) is 5.38 Å². The summed E-state index contributed by atoms with van der Waals surface area (Å²) in [4.78, 5) is 71.3. The number of hydrogen-bond acceptors (Lipinski definition) is 11. The summed E-state index contributed by atoms with van der Waals surface area (Å²) in [7, 11) is 0. The van der Waals surface area contributed by atoms with E-state index in [-0.39, 0.29) is 42.2 Å². The van der Waals surface area contributed by atoms with Gasteiger partial charge in [-0.2, -0.15) is 0 Å². The Hall–Kier alpha value is -6.40. The van der Waals surface area contributed by atoms with Crippen molar-refractivity contribution in [1.82, 2.24) is 10.3 Å². The summed E-state index contributed by atoms with van der Waals surface area (Å²) in [6, 6.07) is 34.4. The highest BCUT2D eigenvalue weighted by Gasteiger charge is 2.50. The van der Waals surface area contributed by atoms with Crippen LogP contribution < -0.4 is 5.32 Å². The fourth-order valence-electron chi connectivity index (χ4n) is 6.10. The fraction of sp³-hybridized carbons (Fsp3) is 0.209. The molecule has 6 rings (SSSR count). The highest BCUT2D eigenvalue weighted by molar-refractivity contribution is 7.10. The number of nitrogens with one attached hydrogen (secondary N) is 1. The summed E-state index contributed by atoms with van der Waals surface area (Å²) in [5, 5.41) is 4.60. The van der Waals surface area contributed by atoms with Crippen molar-refractivity contribution in [3.8, 4) is 0 Å². The molecule has 1 N–H and O–H groups in total. The van der Waals surface area contributed by atoms with Crippen LogP contribution in [0.4, 0.5) is 0 Å². The third-order valence-electron chi connectivity index (χ3n) is 8.91. The van der Waals surface area contributed by atoms with E-state index in [1.807, 2.05) is 30.3 Å². The van der Waals surface area contributed by atoms with E-state index in [2.05, 4.69) is 10.3 Å². The number of ether oxygens (including phenoxy) is 4. The number of carbonyl (C=O) groups excluding carboxylic acids is 5. The van der Waals surface area contributed by atoms with Crippen LogP contribution in [0.2, 0.25) is 0 Å². The number of hydrogen-bond donors (Lipinski definition) is 1. The molecule has 280 valence electrons. The molecule has 0 saturated heterocycles. The Labute approximate surface area is 321 Å². The second-order valence-electron chi connectivity index (χ2n) is 13.0. The summed E-state index contributed by atoms with van der Waals surface area (Å²) >= 11 is 1.15. The quantitative estimate of drug-likeness (QED) is 0.0736. The van der Waals surface area contributed by atoms with Crippen molar-refractivity contribution in [2.45, 2.75) is 45.0 Å². The van der Waals surface area contributed by atoms with E-state index < -0.39 is 53.8 Å². The topological polar surface area (TPSA) is 147 Å². The first-order valence-corrected chi connectivity index (χ1v) is 18.5. The maximum atomic E-state index is 13.6. The minimum Gasteiger partial charge on any atom is -0.462 e. The van der Waals surface area contributed by atoms with Gasteiger partial charge in [0.25, 0.3) is 5.91 Å². The number of esters is 4. The van der Waals surface area contributed by atoms with Crippen LogP contribution in [-0.4, -0.2) is 53.6 Å². The van der Waals surface area contributed by atoms with Gasteiger partial charge in [-0.15, -0.1) is 11.3 Å². The van der Waals surface area contributed by atoms with Crippen LogP contribution in [0.25, 0.3) is 0 Å². The lowest BCUT2D eigenvalue weighted by Crippen LogP contribution is -2.38. The fourth-order valence-corrected chi connectivity index (χ4v) is 7.04. The summed E-state index contributed by atoms with van der Waals surface area (Å²) in [6.07, 6.45) is -1.92. The SMILES string of the molecule is CC(C)=C(NC(=O)c1csc([C@@H]2C[C@H](COC(=O)c3ccccc3)[C@@H](OC(=O)c3ccccc3)[C@H]2OC(=O)c2ccccc2)n1)C(=O)OCc1ccccc1. The van der Waals surface area contributed by atoms with Gasteiger partial charge in [0, 0.05) is 11.3 Å². The molecule has 0 spiro atoms. The molecule has 1 aliphatic carbocycles. The Balaban J connectivity index is 1.27. The molecular weight excluding hydrogens is 721 g/mol. The minimum atomic E-state index is -1.08. The first kappa shape index (κ1) is 38.3. The minimum absolute atomic E-state index is 0.0135. The predicted molar refractivity (Wildman–Crippen MR) is 203 cm³/mol. The molecular formula is C43H38N2O9S. The maximum Gasteiger partial charge on any atom is 0.355 e. The Kier molecular flexibility index (Phi) is 12.6. The number of amides is 1. The van der Waals surface area contributed by atoms with Crippen molar-refractivity contribution in [3.63, 3.8) is 0 Å². The van der Waals surface area contributed by atoms with E-state index in [4.69, 9.17) is 18.9 Å². The summed E-state index contributed by atoms with van der Waals surface area (Å²) < 4.78 is 23.4. The maximum absolute atomic E-state index is 13.6. The molecule has 4 aromatic carbocycles. The lowest BCUT2D eigenvalue weighted by Gasteiger charge is -2.26. The Bertz CT molecular complexity index is 2150. The monoisotopic (exact) mass is 758 g/mol.